The number of alkyl halides is 19. The molecular weight excluding hydrogens is 570 g/mol. The van der Waals surface area contributed by atoms with Crippen LogP contribution >= 0.6 is 0 Å². The van der Waals surface area contributed by atoms with Crippen molar-refractivity contribution in [1.29, 1.82) is 0 Å². The summed E-state index contributed by atoms with van der Waals surface area (Å²) in [7, 11) is 0. The fourth-order valence-corrected chi connectivity index (χ4v) is 2.08. The first kappa shape index (κ1) is 30.9. The maximum atomic E-state index is 14.1. The number of halogens is 20. The molecule has 1 fully saturated rings. The van der Waals surface area contributed by atoms with Gasteiger partial charge in [-0.25, -0.2) is 13.7 Å². The highest BCUT2D eigenvalue weighted by Crippen LogP contribution is 2.64. The fraction of sp³-hybridized carbons (Fsp3) is 0.833. The topological polar surface area (TPSA) is 21.7 Å². The van der Waals surface area contributed by atoms with Crippen LogP contribution in [0.1, 0.15) is 0 Å². The molecule has 0 aromatic rings. The van der Waals surface area contributed by atoms with Crippen molar-refractivity contribution in [3.8, 4) is 0 Å². The third kappa shape index (κ3) is 4.70. The lowest BCUT2D eigenvalue weighted by molar-refractivity contribution is -0.574. The number of ether oxygens (including phenoxy) is 2. The number of nitrogens with zero attached hydrogens (tertiary/aromatic N) is 1. The van der Waals surface area contributed by atoms with E-state index >= 15 is 0 Å². The van der Waals surface area contributed by atoms with E-state index in [1.54, 1.807) is 4.74 Å². The van der Waals surface area contributed by atoms with Crippen LogP contribution in [0, 0.1) is 0 Å². The molecule has 2 atom stereocenters. The van der Waals surface area contributed by atoms with Crippen LogP contribution in [0.5, 0.6) is 0 Å². The van der Waals surface area contributed by atoms with E-state index in [9.17, 15) is 87.8 Å². The Bertz CT molecular complexity index is 787. The smallest absolute Gasteiger partial charge is 0.457 e. The second kappa shape index (κ2) is 8.21. The van der Waals surface area contributed by atoms with Crippen molar-refractivity contribution in [2.45, 2.75) is 54.7 Å². The zero-order valence-electron chi connectivity index (χ0n) is 15.1. The maximum Gasteiger partial charge on any atom is 0.457 e. The monoisotopic (exact) mass is 573 g/mol. The Hall–Kier alpha value is -2.10. The summed E-state index contributed by atoms with van der Waals surface area (Å²) >= 11 is 0. The lowest BCUT2D eigenvalue weighted by atomic mass is 10.1. The van der Waals surface area contributed by atoms with Crippen molar-refractivity contribution in [3.05, 3.63) is 11.7 Å². The Kier molecular flexibility index (Phi) is 7.26. The second-order valence-electron chi connectivity index (χ2n) is 6.17. The van der Waals surface area contributed by atoms with Gasteiger partial charge >= 0.3 is 54.7 Å². The minimum atomic E-state index is -7.79. The van der Waals surface area contributed by atoms with Crippen LogP contribution in [-0.4, -0.2) is 66.2 Å². The van der Waals surface area contributed by atoms with Gasteiger partial charge in [0.15, 0.2) is 6.61 Å². The molecule has 1 aliphatic heterocycles. The molecule has 208 valence electrons. The molecule has 0 saturated carbocycles. The van der Waals surface area contributed by atoms with Crippen molar-refractivity contribution in [3.63, 3.8) is 0 Å². The highest BCUT2D eigenvalue weighted by atomic mass is 19.4. The Labute approximate surface area is 176 Å². The van der Waals surface area contributed by atoms with Crippen LogP contribution < -0.4 is 0 Å². The first-order chi connectivity index (χ1) is 15.0. The number of hydrogen-bond donors (Lipinski definition) is 0. The van der Waals surface area contributed by atoms with Crippen molar-refractivity contribution >= 4 is 0 Å². The van der Waals surface area contributed by atoms with Crippen LogP contribution in [0.25, 0.3) is 0 Å². The molecule has 3 nitrogen and oxygen atoms in total. The van der Waals surface area contributed by atoms with E-state index in [1.807, 2.05) is 0 Å². The fourth-order valence-electron chi connectivity index (χ4n) is 2.08. The van der Waals surface area contributed by atoms with Crippen molar-refractivity contribution in [1.82, 2.24) is 4.90 Å². The van der Waals surface area contributed by atoms with E-state index in [0.29, 0.717) is 0 Å². The van der Waals surface area contributed by atoms with Crippen LogP contribution in [0.2, 0.25) is 0 Å². The summed E-state index contributed by atoms with van der Waals surface area (Å²) in [4.78, 5) is -4.01. The molecule has 0 amide bonds. The molecule has 0 bridgehead atoms. The van der Waals surface area contributed by atoms with E-state index in [4.69, 9.17) is 0 Å². The largest absolute Gasteiger partial charge is 0.479 e. The minimum absolute atomic E-state index is 1.66. The Morgan fingerprint density at radius 2 is 1.06 bits per heavy atom. The molecule has 1 rings (SSSR count). The Morgan fingerprint density at radius 3 is 1.31 bits per heavy atom. The standard InChI is InChI=1S/C12H3F20NO2/c13-3(2(6(18,19)20)34-1-5(16,17)4(14)15)33-11(29,30)7(21,9(23,24)25)35-8(22,10(26,27)28)12(33,31)32/h4H,1H2/b3-2-. The summed E-state index contributed by atoms with van der Waals surface area (Å²) in [6.45, 7) is -3.46. The first-order valence-electron chi connectivity index (χ1n) is 7.55. The van der Waals surface area contributed by atoms with Crippen LogP contribution in [0.3, 0.4) is 0 Å². The van der Waals surface area contributed by atoms with E-state index in [1.165, 1.54) is 0 Å². The number of rotatable bonds is 5. The molecule has 0 N–H and O–H groups in total. The molecule has 0 aliphatic carbocycles. The van der Waals surface area contributed by atoms with Gasteiger partial charge in [-0.05, 0) is 0 Å². The Morgan fingerprint density at radius 1 is 0.714 bits per heavy atom. The zero-order valence-corrected chi connectivity index (χ0v) is 15.1. The summed E-state index contributed by atoms with van der Waals surface area (Å²) in [6, 6.07) is -15.6. The highest BCUT2D eigenvalue weighted by molar-refractivity contribution is 5.17. The number of allylic oxidation sites excluding steroid dienone is 1. The summed E-state index contributed by atoms with van der Waals surface area (Å²) in [6.07, 6.45) is -27.5. The quantitative estimate of drug-likeness (QED) is 0.211. The van der Waals surface area contributed by atoms with Gasteiger partial charge in [0.25, 0.3) is 5.76 Å². The molecule has 35 heavy (non-hydrogen) atoms. The number of morpholine rings is 1. The van der Waals surface area contributed by atoms with Gasteiger partial charge in [0, 0.05) is 0 Å². The molecule has 0 spiro atoms. The predicted molar refractivity (Wildman–Crippen MR) is 63.7 cm³/mol. The van der Waals surface area contributed by atoms with E-state index in [0.717, 1.165) is 0 Å². The normalized spacial score (nSPS) is 28.8. The molecule has 1 aliphatic rings. The predicted octanol–water partition coefficient (Wildman–Crippen LogP) is 6.58. The van der Waals surface area contributed by atoms with Gasteiger partial charge in [0.2, 0.25) is 5.95 Å². The molecule has 23 heteroatoms. The molecule has 1 saturated heterocycles. The molecule has 0 radical (unpaired) electrons. The molecule has 0 aromatic carbocycles. The summed E-state index contributed by atoms with van der Waals surface area (Å²) in [5, 5.41) is 0. The van der Waals surface area contributed by atoms with Crippen LogP contribution in [-0.2, 0) is 9.47 Å². The van der Waals surface area contributed by atoms with Gasteiger partial charge in [-0.15, -0.1) is 0 Å². The van der Waals surface area contributed by atoms with E-state index < -0.39 is 77.9 Å². The van der Waals surface area contributed by atoms with Crippen molar-refractivity contribution in [2.75, 3.05) is 6.61 Å². The van der Waals surface area contributed by atoms with Gasteiger partial charge in [0.1, 0.15) is 0 Å². The third-order valence-corrected chi connectivity index (χ3v) is 3.72. The molecule has 2 unspecified atom stereocenters. The first-order valence-corrected chi connectivity index (χ1v) is 7.55. The third-order valence-electron chi connectivity index (χ3n) is 3.72. The average Bonchev–Trinajstić information content (AvgIpc) is 2.56. The van der Waals surface area contributed by atoms with Gasteiger partial charge in [0.05, 0.1) is 0 Å². The van der Waals surface area contributed by atoms with Crippen molar-refractivity contribution in [2.24, 2.45) is 0 Å². The maximum absolute atomic E-state index is 14.1. The SMILES string of the molecule is F/C(=C(/OCC(F)(F)C(F)F)C(F)(F)F)N1C(F)(F)C(F)(C(F)(F)F)OC(F)(C(F)(F)F)C1(F)F. The van der Waals surface area contributed by atoms with Gasteiger partial charge in [-0.1, -0.05) is 0 Å². The summed E-state index contributed by atoms with van der Waals surface area (Å²) in [5.41, 5.74) is 0. The second-order valence-corrected chi connectivity index (χ2v) is 6.17. The lowest BCUT2D eigenvalue weighted by Gasteiger charge is -2.53. The van der Waals surface area contributed by atoms with E-state index in [2.05, 4.69) is 4.74 Å². The van der Waals surface area contributed by atoms with Gasteiger partial charge < -0.3 is 4.74 Å². The van der Waals surface area contributed by atoms with Crippen molar-refractivity contribution < 1.29 is 97.3 Å². The van der Waals surface area contributed by atoms with Gasteiger partial charge in [-0.2, -0.15) is 79.0 Å². The molecule has 1 heterocycles. The average molecular weight is 573 g/mol. The van der Waals surface area contributed by atoms with E-state index in [-0.39, 0.29) is 0 Å². The minimum Gasteiger partial charge on any atom is -0.479 e. The molecule has 0 aromatic heterocycles. The summed E-state index contributed by atoms with van der Waals surface area (Å²) in [5.74, 6) is -30.6. The van der Waals surface area contributed by atoms with Crippen LogP contribution in [0.15, 0.2) is 11.7 Å². The van der Waals surface area contributed by atoms with Gasteiger partial charge in [-0.3, -0.25) is 4.74 Å². The zero-order chi connectivity index (χ0) is 28.4. The summed E-state index contributed by atoms with van der Waals surface area (Å²) < 4.78 is 266. The Balaban J connectivity index is 4.04. The van der Waals surface area contributed by atoms with Crippen LogP contribution in [0.4, 0.5) is 87.8 Å². The molecular formula is C12H3F20NO2. The number of hydrogen-bond acceptors (Lipinski definition) is 3. The lowest BCUT2D eigenvalue weighted by Crippen LogP contribution is -2.81. The highest BCUT2D eigenvalue weighted by Gasteiger charge is 2.93.